The molecule has 0 radical (unpaired) electrons. The Kier molecular flexibility index (Phi) is 5.26. The van der Waals surface area contributed by atoms with E-state index in [2.05, 4.69) is 15.9 Å². The molecule has 0 bridgehead atoms. The van der Waals surface area contributed by atoms with Gasteiger partial charge in [0.15, 0.2) is 0 Å². The summed E-state index contributed by atoms with van der Waals surface area (Å²) in [4.78, 5) is 0.299. The third-order valence-corrected chi connectivity index (χ3v) is 5.88. The molecule has 0 aromatic heterocycles. The lowest BCUT2D eigenvalue weighted by Crippen LogP contribution is -2.27. The van der Waals surface area contributed by atoms with Crippen LogP contribution in [0.15, 0.2) is 51.8 Å². The Hall–Kier alpha value is -1.37. The molecule has 0 unspecified atom stereocenters. The summed E-state index contributed by atoms with van der Waals surface area (Å²) in [6, 6.07) is 12.6. The molecular weight excluding hydrogens is 366 g/mol. The Morgan fingerprint density at radius 2 is 1.77 bits per heavy atom. The summed E-state index contributed by atoms with van der Waals surface area (Å²) in [5.74, 6) is 0.645. The molecule has 0 N–H and O–H groups in total. The second kappa shape index (κ2) is 6.81. The number of ether oxygens (including phenoxy) is 1. The smallest absolute Gasteiger partial charge is 0.243 e. The van der Waals surface area contributed by atoms with Gasteiger partial charge in [-0.2, -0.15) is 4.31 Å². The predicted molar refractivity (Wildman–Crippen MR) is 90.5 cm³/mol. The fraction of sp³-hybridized carbons (Fsp3) is 0.250. The zero-order valence-electron chi connectivity index (χ0n) is 12.7. The van der Waals surface area contributed by atoms with Crippen LogP contribution in [0.25, 0.3) is 0 Å². The van der Waals surface area contributed by atoms with Gasteiger partial charge >= 0.3 is 0 Å². The van der Waals surface area contributed by atoms with E-state index in [4.69, 9.17) is 4.74 Å². The van der Waals surface area contributed by atoms with E-state index in [1.807, 2.05) is 24.3 Å². The van der Waals surface area contributed by atoms with E-state index in [0.29, 0.717) is 22.8 Å². The summed E-state index contributed by atoms with van der Waals surface area (Å²) in [5, 5.41) is 0. The zero-order valence-corrected chi connectivity index (χ0v) is 15.1. The van der Waals surface area contributed by atoms with Crippen molar-refractivity contribution in [1.29, 1.82) is 0 Å². The molecule has 6 heteroatoms. The first-order valence-electron chi connectivity index (χ1n) is 6.70. The molecule has 0 heterocycles. The van der Waals surface area contributed by atoms with Crippen LogP contribution in [-0.2, 0) is 16.6 Å². The molecule has 22 heavy (non-hydrogen) atoms. The number of hydrogen-bond donors (Lipinski definition) is 0. The Morgan fingerprint density at radius 1 is 1.14 bits per heavy atom. The van der Waals surface area contributed by atoms with Crippen LogP contribution in [0.1, 0.15) is 11.1 Å². The van der Waals surface area contributed by atoms with E-state index in [1.54, 1.807) is 39.3 Å². The molecule has 0 saturated carbocycles. The van der Waals surface area contributed by atoms with E-state index in [9.17, 15) is 8.42 Å². The number of benzene rings is 2. The van der Waals surface area contributed by atoms with E-state index in [0.717, 1.165) is 10.0 Å². The molecule has 0 spiro atoms. The fourth-order valence-corrected chi connectivity index (χ4v) is 3.76. The second-order valence-electron chi connectivity index (χ2n) is 5.02. The molecule has 0 fully saturated rings. The Labute approximate surface area is 139 Å². The Bertz CT molecular complexity index is 757. The Morgan fingerprint density at radius 3 is 2.32 bits per heavy atom. The quantitative estimate of drug-likeness (QED) is 0.792. The van der Waals surface area contributed by atoms with Crippen LogP contribution in [0.2, 0.25) is 0 Å². The van der Waals surface area contributed by atoms with Gasteiger partial charge in [0.25, 0.3) is 0 Å². The molecule has 2 rings (SSSR count). The van der Waals surface area contributed by atoms with Crippen LogP contribution in [0, 0.1) is 6.92 Å². The maximum absolute atomic E-state index is 12.7. The summed E-state index contributed by atoms with van der Waals surface area (Å²) in [5.41, 5.74) is 1.60. The third kappa shape index (κ3) is 3.69. The molecule has 0 saturated heterocycles. The molecule has 0 aliphatic carbocycles. The first-order chi connectivity index (χ1) is 10.3. The zero-order chi connectivity index (χ0) is 16.3. The van der Waals surface area contributed by atoms with E-state index < -0.39 is 10.0 Å². The molecule has 118 valence electrons. The van der Waals surface area contributed by atoms with Gasteiger partial charge in [0.05, 0.1) is 12.0 Å². The van der Waals surface area contributed by atoms with Crippen molar-refractivity contribution in [2.45, 2.75) is 18.4 Å². The predicted octanol–water partition coefficient (Wildman–Crippen LogP) is 3.59. The topological polar surface area (TPSA) is 46.6 Å². The van der Waals surface area contributed by atoms with Crippen molar-refractivity contribution >= 4 is 26.0 Å². The summed E-state index contributed by atoms with van der Waals surface area (Å²) in [7, 11) is -0.394. The molecule has 0 aliphatic rings. The SMILES string of the molecule is COc1ccc(S(=O)(=O)N(C)Cc2ccc(Br)cc2)c(C)c1. The normalized spacial score (nSPS) is 11.7. The molecule has 2 aromatic rings. The molecular formula is C16H18BrNO3S. The summed E-state index contributed by atoms with van der Waals surface area (Å²) in [6.45, 7) is 2.09. The van der Waals surface area contributed by atoms with Crippen LogP contribution in [0.5, 0.6) is 5.75 Å². The third-order valence-electron chi connectivity index (χ3n) is 3.39. The molecule has 4 nitrogen and oxygen atoms in total. The maximum Gasteiger partial charge on any atom is 0.243 e. The highest BCUT2D eigenvalue weighted by molar-refractivity contribution is 9.10. The standard InChI is InChI=1S/C16H18BrNO3S/c1-12-10-15(21-3)8-9-16(12)22(19,20)18(2)11-13-4-6-14(17)7-5-13/h4-10H,11H2,1-3H3. The lowest BCUT2D eigenvalue weighted by Gasteiger charge is -2.19. The van der Waals surface area contributed by atoms with E-state index in [-0.39, 0.29) is 0 Å². The summed E-state index contributed by atoms with van der Waals surface area (Å²) in [6.07, 6.45) is 0. The van der Waals surface area contributed by atoms with Crippen LogP contribution in [-0.4, -0.2) is 26.9 Å². The van der Waals surface area contributed by atoms with Gasteiger partial charge in [-0.3, -0.25) is 0 Å². The first kappa shape index (κ1) is 17.0. The van der Waals surface area contributed by atoms with Crippen LogP contribution >= 0.6 is 15.9 Å². The van der Waals surface area contributed by atoms with Gasteiger partial charge < -0.3 is 4.74 Å². The number of hydrogen-bond acceptors (Lipinski definition) is 3. The number of nitrogens with zero attached hydrogens (tertiary/aromatic N) is 1. The molecule has 0 aliphatic heterocycles. The average Bonchev–Trinajstić information content (AvgIpc) is 2.49. The van der Waals surface area contributed by atoms with Gasteiger partial charge in [-0.15, -0.1) is 0 Å². The first-order valence-corrected chi connectivity index (χ1v) is 8.93. The van der Waals surface area contributed by atoms with Gasteiger partial charge in [-0.1, -0.05) is 28.1 Å². The lowest BCUT2D eigenvalue weighted by atomic mass is 10.2. The minimum absolute atomic E-state index is 0.299. The minimum atomic E-state index is -3.54. The highest BCUT2D eigenvalue weighted by Gasteiger charge is 2.23. The van der Waals surface area contributed by atoms with Crippen molar-refractivity contribution in [2.24, 2.45) is 0 Å². The van der Waals surface area contributed by atoms with Crippen molar-refractivity contribution in [3.8, 4) is 5.75 Å². The number of sulfonamides is 1. The van der Waals surface area contributed by atoms with E-state index >= 15 is 0 Å². The lowest BCUT2D eigenvalue weighted by molar-refractivity contribution is 0.413. The van der Waals surface area contributed by atoms with Gasteiger partial charge in [0.2, 0.25) is 10.0 Å². The summed E-state index contributed by atoms with van der Waals surface area (Å²) < 4.78 is 32.8. The van der Waals surface area contributed by atoms with Crippen molar-refractivity contribution in [1.82, 2.24) is 4.31 Å². The van der Waals surface area contributed by atoms with Crippen LogP contribution in [0.4, 0.5) is 0 Å². The van der Waals surface area contributed by atoms with Crippen molar-refractivity contribution in [3.05, 3.63) is 58.1 Å². The second-order valence-corrected chi connectivity index (χ2v) is 7.95. The summed E-state index contributed by atoms with van der Waals surface area (Å²) >= 11 is 3.37. The van der Waals surface area contributed by atoms with Gasteiger partial charge in [-0.25, -0.2) is 8.42 Å². The van der Waals surface area contributed by atoms with Crippen molar-refractivity contribution < 1.29 is 13.2 Å². The highest BCUT2D eigenvalue weighted by Crippen LogP contribution is 2.24. The van der Waals surface area contributed by atoms with E-state index in [1.165, 1.54) is 4.31 Å². The number of rotatable bonds is 5. The number of halogens is 1. The van der Waals surface area contributed by atoms with Crippen molar-refractivity contribution in [2.75, 3.05) is 14.2 Å². The van der Waals surface area contributed by atoms with Crippen LogP contribution < -0.4 is 4.74 Å². The largest absolute Gasteiger partial charge is 0.497 e. The van der Waals surface area contributed by atoms with Gasteiger partial charge in [-0.05, 0) is 48.4 Å². The highest BCUT2D eigenvalue weighted by atomic mass is 79.9. The molecule has 0 amide bonds. The van der Waals surface area contributed by atoms with Crippen molar-refractivity contribution in [3.63, 3.8) is 0 Å². The maximum atomic E-state index is 12.7. The average molecular weight is 384 g/mol. The minimum Gasteiger partial charge on any atom is -0.497 e. The van der Waals surface area contributed by atoms with Gasteiger partial charge in [0.1, 0.15) is 5.75 Å². The fourth-order valence-electron chi connectivity index (χ4n) is 2.14. The number of aryl methyl sites for hydroxylation is 1. The van der Waals surface area contributed by atoms with Crippen LogP contribution in [0.3, 0.4) is 0 Å². The number of methoxy groups -OCH3 is 1. The molecule has 2 aromatic carbocycles. The molecule has 0 atom stereocenters. The Balaban J connectivity index is 2.27. The monoisotopic (exact) mass is 383 g/mol. The van der Waals surface area contributed by atoms with Gasteiger partial charge in [0, 0.05) is 18.1 Å².